The highest BCUT2D eigenvalue weighted by molar-refractivity contribution is 5.82. The smallest absolute Gasteiger partial charge is 0.416 e. The predicted octanol–water partition coefficient (Wildman–Crippen LogP) is 5.32. The van der Waals surface area contributed by atoms with Crippen LogP contribution in [0, 0.1) is 5.41 Å². The molecule has 0 aliphatic heterocycles. The highest BCUT2D eigenvalue weighted by Crippen LogP contribution is 2.36. The number of imidazole rings is 1. The van der Waals surface area contributed by atoms with Crippen LogP contribution in [0.1, 0.15) is 50.8 Å². The van der Waals surface area contributed by atoms with Gasteiger partial charge in [0.1, 0.15) is 6.61 Å². The summed E-state index contributed by atoms with van der Waals surface area (Å²) in [6.07, 6.45) is -4.25. The van der Waals surface area contributed by atoms with E-state index in [4.69, 9.17) is 4.74 Å². The van der Waals surface area contributed by atoms with Crippen LogP contribution >= 0.6 is 0 Å². The Balaban J connectivity index is 2.03. The summed E-state index contributed by atoms with van der Waals surface area (Å²) in [6.45, 7) is 6.90. The average molecular weight is 520 g/mol. The predicted molar refractivity (Wildman–Crippen MR) is 135 cm³/mol. The van der Waals surface area contributed by atoms with E-state index < -0.39 is 28.7 Å². The number of nitrogens with one attached hydrogen (secondary N) is 4. The summed E-state index contributed by atoms with van der Waals surface area (Å²) < 4.78 is 46.2. The monoisotopic (exact) mass is 519 g/mol. The maximum absolute atomic E-state index is 13.5. The van der Waals surface area contributed by atoms with Crippen molar-refractivity contribution < 1.29 is 27.5 Å². The van der Waals surface area contributed by atoms with E-state index in [0.29, 0.717) is 16.6 Å². The molecule has 0 fully saturated rings. The Morgan fingerprint density at radius 1 is 1.05 bits per heavy atom. The Morgan fingerprint density at radius 2 is 1.73 bits per heavy atom. The molecule has 0 aliphatic carbocycles. The number of aromatic nitrogens is 2. The van der Waals surface area contributed by atoms with Crippen molar-refractivity contribution in [2.45, 2.75) is 52.4 Å². The number of esters is 1. The molecule has 2 aromatic carbocycles. The molecule has 1 unspecified atom stereocenters. The van der Waals surface area contributed by atoms with Gasteiger partial charge < -0.3 is 25.7 Å². The number of para-hydroxylation sites is 1. The summed E-state index contributed by atoms with van der Waals surface area (Å²) in [5.41, 5.74) is -0.518. The van der Waals surface area contributed by atoms with Gasteiger partial charge in [-0.3, -0.25) is 4.79 Å². The van der Waals surface area contributed by atoms with Crippen LogP contribution in [0.5, 0.6) is 0 Å². The topological polar surface area (TPSA) is 108 Å². The van der Waals surface area contributed by atoms with Gasteiger partial charge in [0.05, 0.1) is 27.6 Å². The zero-order valence-corrected chi connectivity index (χ0v) is 21.5. The lowest BCUT2D eigenvalue weighted by molar-refractivity contribution is -0.154. The third kappa shape index (κ3) is 6.52. The molecule has 3 aromatic rings. The molecule has 200 valence electrons. The molecule has 11 heteroatoms. The second-order valence-electron chi connectivity index (χ2n) is 9.80. The summed E-state index contributed by atoms with van der Waals surface area (Å²) in [6, 6.07) is 10.0. The standard InChI is InChI=1S/C26H32F3N5O3/c1-6-25(15-37-21(35)24(2,3)4,17-10-8-11-18(13-17)26(27,28)29)34-22-32-19-12-7-9-16(20(19)33-22)14-31-23(36)30-5/h7-13H,6,14-15H2,1-5H3,(H2,30,31,36)(H2,32,33,34). The summed E-state index contributed by atoms with van der Waals surface area (Å²) in [5.74, 6) is -0.195. The Hall–Kier alpha value is -3.76. The van der Waals surface area contributed by atoms with Crippen molar-refractivity contribution >= 4 is 29.0 Å². The van der Waals surface area contributed by atoms with Gasteiger partial charge in [-0.15, -0.1) is 0 Å². The van der Waals surface area contributed by atoms with Gasteiger partial charge in [-0.2, -0.15) is 13.2 Å². The number of rotatable bonds is 8. The Kier molecular flexibility index (Phi) is 8.04. The first-order chi connectivity index (χ1) is 17.3. The van der Waals surface area contributed by atoms with Gasteiger partial charge >= 0.3 is 18.2 Å². The van der Waals surface area contributed by atoms with Gasteiger partial charge in [0, 0.05) is 13.6 Å². The second kappa shape index (κ2) is 10.7. The van der Waals surface area contributed by atoms with Crippen molar-refractivity contribution in [1.29, 1.82) is 0 Å². The molecule has 0 bridgehead atoms. The fourth-order valence-electron chi connectivity index (χ4n) is 3.77. The second-order valence-corrected chi connectivity index (χ2v) is 9.80. The first kappa shape index (κ1) is 27.8. The van der Waals surface area contributed by atoms with E-state index in [1.54, 1.807) is 45.9 Å². The molecule has 8 nitrogen and oxygen atoms in total. The van der Waals surface area contributed by atoms with Crippen LogP contribution in [0.3, 0.4) is 0 Å². The summed E-state index contributed by atoms with van der Waals surface area (Å²) in [7, 11) is 1.51. The number of alkyl halides is 3. The number of benzene rings is 2. The summed E-state index contributed by atoms with van der Waals surface area (Å²) in [5, 5.41) is 8.42. The Morgan fingerprint density at radius 3 is 2.35 bits per heavy atom. The van der Waals surface area contributed by atoms with Gasteiger partial charge in [-0.05, 0) is 56.5 Å². The number of urea groups is 1. The van der Waals surface area contributed by atoms with Crippen LogP contribution in [0.25, 0.3) is 11.0 Å². The summed E-state index contributed by atoms with van der Waals surface area (Å²) in [4.78, 5) is 32.0. The number of aromatic amines is 1. The molecular formula is C26H32F3N5O3. The molecule has 0 aliphatic rings. The van der Waals surface area contributed by atoms with Gasteiger partial charge in [0.15, 0.2) is 0 Å². The van der Waals surface area contributed by atoms with Gasteiger partial charge in [-0.1, -0.05) is 31.2 Å². The first-order valence-corrected chi connectivity index (χ1v) is 11.9. The number of carbonyl (C=O) groups is 2. The normalized spacial score (nSPS) is 13.6. The highest BCUT2D eigenvalue weighted by atomic mass is 19.4. The minimum absolute atomic E-state index is 0.219. The molecule has 1 atom stereocenters. The van der Waals surface area contributed by atoms with Crippen molar-refractivity contribution in [2.75, 3.05) is 19.0 Å². The van der Waals surface area contributed by atoms with E-state index in [-0.39, 0.29) is 31.6 Å². The SMILES string of the molecule is CCC(COC(=O)C(C)(C)C)(Nc1nc2c(CNC(=O)NC)cccc2[nH]1)c1cccc(C(F)(F)F)c1. The molecule has 1 heterocycles. The number of anilines is 1. The molecule has 0 saturated heterocycles. The van der Waals surface area contributed by atoms with E-state index in [2.05, 4.69) is 25.9 Å². The minimum atomic E-state index is -4.54. The fraction of sp³-hybridized carbons (Fsp3) is 0.423. The van der Waals surface area contributed by atoms with E-state index in [9.17, 15) is 22.8 Å². The average Bonchev–Trinajstić information content (AvgIpc) is 3.26. The lowest BCUT2D eigenvalue weighted by Crippen LogP contribution is -2.42. The van der Waals surface area contributed by atoms with Crippen LogP contribution in [-0.4, -0.2) is 35.6 Å². The number of nitrogens with zero attached hydrogens (tertiary/aromatic N) is 1. The number of ether oxygens (including phenoxy) is 1. The number of fused-ring (bicyclic) bond motifs is 1. The van der Waals surface area contributed by atoms with E-state index in [0.717, 1.165) is 17.7 Å². The number of hydrogen-bond acceptors (Lipinski definition) is 5. The number of halogens is 3. The maximum atomic E-state index is 13.5. The maximum Gasteiger partial charge on any atom is 0.416 e. The molecule has 4 N–H and O–H groups in total. The van der Waals surface area contributed by atoms with Crippen molar-refractivity contribution in [1.82, 2.24) is 20.6 Å². The zero-order chi connectivity index (χ0) is 27.4. The lowest BCUT2D eigenvalue weighted by atomic mass is 9.86. The zero-order valence-electron chi connectivity index (χ0n) is 21.5. The molecule has 0 radical (unpaired) electrons. The number of amides is 2. The van der Waals surface area contributed by atoms with Crippen LogP contribution in [0.2, 0.25) is 0 Å². The van der Waals surface area contributed by atoms with Crippen LogP contribution in [-0.2, 0) is 27.8 Å². The van der Waals surface area contributed by atoms with Crippen LogP contribution < -0.4 is 16.0 Å². The third-order valence-corrected chi connectivity index (χ3v) is 6.03. The van der Waals surface area contributed by atoms with Gasteiger partial charge in [0.25, 0.3) is 0 Å². The van der Waals surface area contributed by atoms with Gasteiger partial charge in [-0.25, -0.2) is 9.78 Å². The van der Waals surface area contributed by atoms with Crippen molar-refractivity contribution in [3.63, 3.8) is 0 Å². The minimum Gasteiger partial charge on any atom is -0.462 e. The number of carbonyl (C=O) groups excluding carboxylic acids is 2. The molecular weight excluding hydrogens is 487 g/mol. The number of hydrogen-bond donors (Lipinski definition) is 4. The lowest BCUT2D eigenvalue weighted by Gasteiger charge is -2.35. The molecule has 1 aromatic heterocycles. The quantitative estimate of drug-likeness (QED) is 0.302. The molecule has 2 amide bonds. The van der Waals surface area contributed by atoms with E-state index in [1.807, 2.05) is 6.07 Å². The highest BCUT2D eigenvalue weighted by Gasteiger charge is 2.38. The van der Waals surface area contributed by atoms with E-state index >= 15 is 0 Å². The van der Waals surface area contributed by atoms with Crippen molar-refractivity contribution in [3.8, 4) is 0 Å². The summed E-state index contributed by atoms with van der Waals surface area (Å²) >= 11 is 0. The Labute approximate surface area is 213 Å². The van der Waals surface area contributed by atoms with Crippen molar-refractivity contribution in [3.05, 3.63) is 59.2 Å². The molecule has 3 rings (SSSR count). The van der Waals surface area contributed by atoms with Gasteiger partial charge in [0.2, 0.25) is 5.95 Å². The molecule has 37 heavy (non-hydrogen) atoms. The van der Waals surface area contributed by atoms with Crippen LogP contribution in [0.15, 0.2) is 42.5 Å². The first-order valence-electron chi connectivity index (χ1n) is 11.9. The fourth-order valence-corrected chi connectivity index (χ4v) is 3.77. The number of H-pyrrole nitrogens is 1. The third-order valence-electron chi connectivity index (χ3n) is 6.03. The van der Waals surface area contributed by atoms with Crippen LogP contribution in [0.4, 0.5) is 23.9 Å². The molecule has 0 saturated carbocycles. The van der Waals surface area contributed by atoms with Crippen molar-refractivity contribution in [2.24, 2.45) is 5.41 Å². The largest absolute Gasteiger partial charge is 0.462 e. The Bertz CT molecular complexity index is 1270. The molecule has 0 spiro atoms. The van der Waals surface area contributed by atoms with E-state index in [1.165, 1.54) is 13.1 Å².